The molecule has 2 aromatic carbocycles. The van der Waals surface area contributed by atoms with E-state index in [1.54, 1.807) is 5.56 Å². The first-order valence-electron chi connectivity index (χ1n) is 8.96. The molecule has 3 rings (SSSR count). The Morgan fingerprint density at radius 3 is 2.32 bits per heavy atom. The van der Waals surface area contributed by atoms with E-state index < -0.39 is 0 Å². The summed E-state index contributed by atoms with van der Waals surface area (Å²) in [5.74, 6) is 1.67. The lowest BCUT2D eigenvalue weighted by Crippen LogP contribution is -2.12. The Labute approximate surface area is 135 Å². The largest absolute Gasteiger partial charge is 0.0651 e. The summed E-state index contributed by atoms with van der Waals surface area (Å²) in [7, 11) is 0. The Bertz CT molecular complexity index is 589. The average molecular weight is 292 g/mol. The van der Waals surface area contributed by atoms with E-state index in [2.05, 4.69) is 62.4 Å². The fraction of sp³-hybridized carbons (Fsp3) is 0.455. The van der Waals surface area contributed by atoms with Crippen molar-refractivity contribution >= 4 is 0 Å². The smallest absolute Gasteiger partial charge is 0.0149 e. The Balaban J connectivity index is 1.98. The van der Waals surface area contributed by atoms with Crippen molar-refractivity contribution in [1.82, 2.24) is 0 Å². The van der Waals surface area contributed by atoms with Crippen LogP contribution >= 0.6 is 0 Å². The monoisotopic (exact) mass is 292 g/mol. The lowest BCUT2D eigenvalue weighted by atomic mass is 9.77. The summed E-state index contributed by atoms with van der Waals surface area (Å²) in [4.78, 5) is 0. The van der Waals surface area contributed by atoms with Gasteiger partial charge in [-0.25, -0.2) is 0 Å². The third kappa shape index (κ3) is 3.43. The molecule has 2 aromatic rings. The standard InChI is InChI=1S/C22H28/c1-3-7-18-12-15-21(19-8-5-4-6-9-19)22(16-18)20-13-10-17(2)11-14-20/h4-6,8-9,12,15-17,20H,3,7,10-11,13-14H2,1-2H3. The minimum Gasteiger partial charge on any atom is -0.0651 e. The second kappa shape index (κ2) is 7.13. The molecule has 22 heavy (non-hydrogen) atoms. The Morgan fingerprint density at radius 1 is 0.909 bits per heavy atom. The fourth-order valence-electron chi connectivity index (χ4n) is 3.85. The number of aryl methyl sites for hydroxylation is 1. The highest BCUT2D eigenvalue weighted by atomic mass is 14.3. The van der Waals surface area contributed by atoms with E-state index in [1.807, 2.05) is 0 Å². The molecule has 1 saturated carbocycles. The molecule has 0 amide bonds. The van der Waals surface area contributed by atoms with Crippen molar-refractivity contribution in [3.8, 4) is 11.1 Å². The summed E-state index contributed by atoms with van der Waals surface area (Å²) in [6, 6.07) is 18.1. The quantitative estimate of drug-likeness (QED) is 0.595. The molecular formula is C22H28. The van der Waals surface area contributed by atoms with Crippen LogP contribution in [-0.2, 0) is 6.42 Å². The van der Waals surface area contributed by atoms with Crippen LogP contribution in [0.2, 0.25) is 0 Å². The van der Waals surface area contributed by atoms with Crippen molar-refractivity contribution in [3.05, 3.63) is 59.7 Å². The maximum Gasteiger partial charge on any atom is -0.0149 e. The van der Waals surface area contributed by atoms with Crippen molar-refractivity contribution in [2.45, 2.75) is 58.3 Å². The van der Waals surface area contributed by atoms with Gasteiger partial charge in [0, 0.05) is 0 Å². The maximum absolute atomic E-state index is 2.51. The summed E-state index contributed by atoms with van der Waals surface area (Å²) in [5.41, 5.74) is 5.94. The Hall–Kier alpha value is -1.56. The predicted octanol–water partition coefficient (Wildman–Crippen LogP) is 6.60. The molecule has 0 spiro atoms. The topological polar surface area (TPSA) is 0 Å². The van der Waals surface area contributed by atoms with Gasteiger partial charge in [-0.15, -0.1) is 0 Å². The molecule has 0 atom stereocenters. The highest BCUT2D eigenvalue weighted by molar-refractivity contribution is 5.68. The van der Waals surface area contributed by atoms with E-state index in [1.165, 1.54) is 55.2 Å². The summed E-state index contributed by atoms with van der Waals surface area (Å²) in [6.07, 6.45) is 7.91. The van der Waals surface area contributed by atoms with Crippen molar-refractivity contribution < 1.29 is 0 Å². The summed E-state index contributed by atoms with van der Waals surface area (Å²) in [6.45, 7) is 4.68. The van der Waals surface area contributed by atoms with Crippen LogP contribution in [0.4, 0.5) is 0 Å². The highest BCUT2D eigenvalue weighted by Gasteiger charge is 2.22. The Morgan fingerprint density at radius 2 is 1.64 bits per heavy atom. The van der Waals surface area contributed by atoms with Crippen LogP contribution in [0.15, 0.2) is 48.5 Å². The molecule has 0 unspecified atom stereocenters. The number of hydrogen-bond donors (Lipinski definition) is 0. The first-order valence-corrected chi connectivity index (χ1v) is 8.96. The molecule has 0 nitrogen and oxygen atoms in total. The summed E-state index contributed by atoms with van der Waals surface area (Å²) in [5, 5.41) is 0. The van der Waals surface area contributed by atoms with E-state index >= 15 is 0 Å². The fourth-order valence-corrected chi connectivity index (χ4v) is 3.85. The van der Waals surface area contributed by atoms with Gasteiger partial charge in [-0.05, 0) is 53.4 Å². The lowest BCUT2D eigenvalue weighted by Gasteiger charge is -2.28. The summed E-state index contributed by atoms with van der Waals surface area (Å²) < 4.78 is 0. The minimum atomic E-state index is 0.753. The average Bonchev–Trinajstić information content (AvgIpc) is 2.57. The molecule has 1 aliphatic carbocycles. The third-order valence-corrected chi connectivity index (χ3v) is 5.20. The molecule has 0 radical (unpaired) electrons. The van der Waals surface area contributed by atoms with Gasteiger partial charge in [0.2, 0.25) is 0 Å². The zero-order valence-electron chi connectivity index (χ0n) is 14.0. The van der Waals surface area contributed by atoms with Crippen molar-refractivity contribution in [2.75, 3.05) is 0 Å². The van der Waals surface area contributed by atoms with Gasteiger partial charge in [0.15, 0.2) is 0 Å². The molecule has 116 valence electrons. The van der Waals surface area contributed by atoms with Gasteiger partial charge in [-0.2, -0.15) is 0 Å². The van der Waals surface area contributed by atoms with E-state index in [9.17, 15) is 0 Å². The second-order valence-corrected chi connectivity index (χ2v) is 6.99. The van der Waals surface area contributed by atoms with E-state index in [0.717, 1.165) is 11.8 Å². The van der Waals surface area contributed by atoms with Gasteiger partial charge >= 0.3 is 0 Å². The first-order chi connectivity index (χ1) is 10.8. The second-order valence-electron chi connectivity index (χ2n) is 6.99. The Kier molecular flexibility index (Phi) is 4.97. The van der Waals surface area contributed by atoms with Crippen LogP contribution in [0.1, 0.15) is 63.0 Å². The molecule has 0 heterocycles. The molecular weight excluding hydrogens is 264 g/mol. The first kappa shape index (κ1) is 15.3. The van der Waals surface area contributed by atoms with E-state index in [0.29, 0.717) is 0 Å². The van der Waals surface area contributed by atoms with Gasteiger partial charge in [0.25, 0.3) is 0 Å². The normalized spacial score (nSPS) is 21.7. The molecule has 0 bridgehead atoms. The van der Waals surface area contributed by atoms with E-state index in [4.69, 9.17) is 0 Å². The van der Waals surface area contributed by atoms with Gasteiger partial charge in [0.05, 0.1) is 0 Å². The third-order valence-electron chi connectivity index (χ3n) is 5.20. The van der Waals surface area contributed by atoms with E-state index in [-0.39, 0.29) is 0 Å². The zero-order valence-corrected chi connectivity index (χ0v) is 14.0. The number of rotatable bonds is 4. The van der Waals surface area contributed by atoms with Crippen LogP contribution < -0.4 is 0 Å². The molecule has 0 saturated heterocycles. The number of hydrogen-bond acceptors (Lipinski definition) is 0. The van der Waals surface area contributed by atoms with Crippen LogP contribution in [0.3, 0.4) is 0 Å². The molecule has 0 heteroatoms. The maximum atomic E-state index is 2.51. The van der Waals surface area contributed by atoms with Crippen molar-refractivity contribution in [1.29, 1.82) is 0 Å². The molecule has 1 aliphatic rings. The highest BCUT2D eigenvalue weighted by Crippen LogP contribution is 2.40. The molecule has 0 N–H and O–H groups in total. The van der Waals surface area contributed by atoms with Gasteiger partial charge in [-0.1, -0.05) is 81.6 Å². The van der Waals surface area contributed by atoms with Gasteiger partial charge < -0.3 is 0 Å². The van der Waals surface area contributed by atoms with Crippen LogP contribution in [0.5, 0.6) is 0 Å². The van der Waals surface area contributed by atoms with Crippen LogP contribution in [0, 0.1) is 5.92 Å². The summed E-state index contributed by atoms with van der Waals surface area (Å²) >= 11 is 0. The zero-order chi connectivity index (χ0) is 15.4. The van der Waals surface area contributed by atoms with Crippen LogP contribution in [-0.4, -0.2) is 0 Å². The molecule has 1 fully saturated rings. The predicted molar refractivity (Wildman–Crippen MR) is 96.2 cm³/mol. The van der Waals surface area contributed by atoms with Crippen LogP contribution in [0.25, 0.3) is 11.1 Å². The molecule has 0 aliphatic heterocycles. The molecule has 0 aromatic heterocycles. The lowest BCUT2D eigenvalue weighted by molar-refractivity contribution is 0.348. The van der Waals surface area contributed by atoms with Gasteiger partial charge in [-0.3, -0.25) is 0 Å². The SMILES string of the molecule is CCCc1ccc(-c2ccccc2)c(C2CCC(C)CC2)c1. The van der Waals surface area contributed by atoms with Crippen molar-refractivity contribution in [2.24, 2.45) is 5.92 Å². The van der Waals surface area contributed by atoms with Gasteiger partial charge in [0.1, 0.15) is 0 Å². The van der Waals surface area contributed by atoms with Crippen molar-refractivity contribution in [3.63, 3.8) is 0 Å². The number of benzene rings is 2. The minimum absolute atomic E-state index is 0.753.